The molecule has 0 aliphatic carbocycles. The van der Waals surface area contributed by atoms with E-state index in [1.54, 1.807) is 18.3 Å². The maximum Gasteiger partial charge on any atom is 0.323 e. The Hall–Kier alpha value is -3.38. The van der Waals surface area contributed by atoms with Crippen LogP contribution in [0.1, 0.15) is 45.7 Å². The first-order chi connectivity index (χ1) is 15.1. The third kappa shape index (κ3) is 5.65. The lowest BCUT2D eigenvalue weighted by molar-refractivity contribution is 0.218. The molecule has 0 spiro atoms. The minimum atomic E-state index is -0.402. The van der Waals surface area contributed by atoms with Gasteiger partial charge in [-0.3, -0.25) is 0 Å². The summed E-state index contributed by atoms with van der Waals surface area (Å²) in [7, 11) is 0. The summed E-state index contributed by atoms with van der Waals surface area (Å²) < 4.78 is 6.11. The average molecular weight is 434 g/mol. The highest BCUT2D eigenvalue weighted by molar-refractivity contribution is 6.00. The van der Waals surface area contributed by atoms with Crippen molar-refractivity contribution in [3.05, 3.63) is 78.0 Å². The second-order valence-corrected chi connectivity index (χ2v) is 9.40. The molecule has 3 aromatic rings. The number of nitrogens with zero attached hydrogens (tertiary/aromatic N) is 1. The minimum Gasteiger partial charge on any atom is -0.437 e. The predicted molar refractivity (Wildman–Crippen MR) is 129 cm³/mol. The molecule has 0 bridgehead atoms. The zero-order chi connectivity index (χ0) is 23.4. The van der Waals surface area contributed by atoms with Gasteiger partial charge in [0.05, 0.1) is 6.61 Å². The zero-order valence-corrected chi connectivity index (χ0v) is 19.3. The van der Waals surface area contributed by atoms with E-state index >= 15 is 0 Å². The quantitative estimate of drug-likeness (QED) is 0.439. The molecule has 2 amide bonds. The van der Waals surface area contributed by atoms with E-state index in [4.69, 9.17) is 4.74 Å². The first kappa shape index (κ1) is 23.3. The van der Waals surface area contributed by atoms with Crippen LogP contribution in [-0.4, -0.2) is 22.7 Å². The van der Waals surface area contributed by atoms with Gasteiger partial charge in [0.2, 0.25) is 5.88 Å². The second kappa shape index (κ2) is 9.40. The minimum absolute atomic E-state index is 0.0440. The Bertz CT molecular complexity index is 1070. The van der Waals surface area contributed by atoms with Crippen LogP contribution in [0.25, 0.3) is 0 Å². The molecule has 0 aliphatic rings. The molecule has 6 nitrogen and oxygen atoms in total. The number of urea groups is 1. The van der Waals surface area contributed by atoms with E-state index in [9.17, 15) is 9.90 Å². The summed E-state index contributed by atoms with van der Waals surface area (Å²) >= 11 is 0. The fourth-order valence-electron chi connectivity index (χ4n) is 3.23. The predicted octanol–water partition coefficient (Wildman–Crippen LogP) is 6.09. The highest BCUT2D eigenvalue weighted by Gasteiger charge is 2.21. The number of hydrogen-bond acceptors (Lipinski definition) is 4. The van der Waals surface area contributed by atoms with E-state index in [2.05, 4.69) is 36.4 Å². The van der Waals surface area contributed by atoms with Gasteiger partial charge in [-0.2, -0.15) is 0 Å². The Labute approximate surface area is 189 Å². The van der Waals surface area contributed by atoms with Crippen LogP contribution in [0.15, 0.2) is 66.9 Å². The van der Waals surface area contributed by atoms with Crippen molar-refractivity contribution in [1.29, 1.82) is 0 Å². The number of para-hydroxylation sites is 1. The SMILES string of the molecule is CC(C)(C)c1ccccc1Oc1ncccc1NC(=O)Nc1ccc(C(C)(C)CO)cc1. The molecular formula is C26H31N3O3. The van der Waals surface area contributed by atoms with E-state index in [1.807, 2.05) is 62.4 Å². The third-order valence-corrected chi connectivity index (χ3v) is 5.24. The number of benzene rings is 2. The number of aliphatic hydroxyl groups is 1. The summed E-state index contributed by atoms with van der Waals surface area (Å²) in [5.41, 5.74) is 2.70. The van der Waals surface area contributed by atoms with Crippen LogP contribution in [0.4, 0.5) is 16.2 Å². The smallest absolute Gasteiger partial charge is 0.323 e. The molecule has 0 fully saturated rings. The van der Waals surface area contributed by atoms with Crippen LogP contribution in [0.3, 0.4) is 0 Å². The van der Waals surface area contributed by atoms with Gasteiger partial charge in [0.25, 0.3) is 0 Å². The standard InChI is InChI=1S/C26H31N3O3/c1-25(2,3)20-9-6-7-11-22(20)32-23-21(10-8-16-27-23)29-24(31)28-19-14-12-18(13-15-19)26(4,5)17-30/h6-16,30H,17H2,1-5H3,(H2,28,29,31). The van der Waals surface area contributed by atoms with Crippen molar-refractivity contribution < 1.29 is 14.6 Å². The number of carbonyl (C=O) groups is 1. The fourth-order valence-corrected chi connectivity index (χ4v) is 3.23. The van der Waals surface area contributed by atoms with E-state index in [1.165, 1.54) is 0 Å². The van der Waals surface area contributed by atoms with E-state index in [0.29, 0.717) is 23.0 Å². The van der Waals surface area contributed by atoms with Crippen molar-refractivity contribution in [3.8, 4) is 11.6 Å². The van der Waals surface area contributed by atoms with Crippen LogP contribution >= 0.6 is 0 Å². The molecule has 0 aliphatic heterocycles. The van der Waals surface area contributed by atoms with Crippen LogP contribution in [0.5, 0.6) is 11.6 Å². The van der Waals surface area contributed by atoms with Gasteiger partial charge in [0.1, 0.15) is 11.4 Å². The molecule has 6 heteroatoms. The topological polar surface area (TPSA) is 83.5 Å². The highest BCUT2D eigenvalue weighted by Crippen LogP contribution is 2.35. The molecule has 3 rings (SSSR count). The Balaban J connectivity index is 1.74. The van der Waals surface area contributed by atoms with Gasteiger partial charge in [-0.15, -0.1) is 0 Å². The number of amides is 2. The van der Waals surface area contributed by atoms with Crippen molar-refractivity contribution in [3.63, 3.8) is 0 Å². The number of aromatic nitrogens is 1. The molecular weight excluding hydrogens is 402 g/mol. The Kier molecular flexibility index (Phi) is 6.84. The van der Waals surface area contributed by atoms with Gasteiger partial charge in [-0.1, -0.05) is 65.0 Å². The van der Waals surface area contributed by atoms with Crippen LogP contribution in [-0.2, 0) is 10.8 Å². The first-order valence-corrected chi connectivity index (χ1v) is 10.6. The van der Waals surface area contributed by atoms with Crippen molar-refractivity contribution in [2.24, 2.45) is 0 Å². The molecule has 3 N–H and O–H groups in total. The van der Waals surface area contributed by atoms with Gasteiger partial charge >= 0.3 is 6.03 Å². The van der Waals surface area contributed by atoms with Gasteiger partial charge in [-0.05, 0) is 41.3 Å². The number of rotatable bonds is 6. The molecule has 0 unspecified atom stereocenters. The van der Waals surface area contributed by atoms with Gasteiger partial charge in [0.15, 0.2) is 0 Å². The molecule has 0 atom stereocenters. The van der Waals surface area contributed by atoms with E-state index in [0.717, 1.165) is 11.1 Å². The van der Waals surface area contributed by atoms with Gasteiger partial charge < -0.3 is 20.5 Å². The van der Waals surface area contributed by atoms with Gasteiger partial charge in [-0.25, -0.2) is 9.78 Å². The Morgan fingerprint density at radius 3 is 2.28 bits per heavy atom. The normalized spacial score (nSPS) is 11.7. The number of hydrogen-bond donors (Lipinski definition) is 3. The van der Waals surface area contributed by atoms with Crippen molar-refractivity contribution in [2.45, 2.75) is 45.4 Å². The fraction of sp³-hybridized carbons (Fsp3) is 0.308. The maximum atomic E-state index is 12.6. The summed E-state index contributed by atoms with van der Waals surface area (Å²) in [5.74, 6) is 1.02. The molecule has 32 heavy (non-hydrogen) atoms. The average Bonchev–Trinajstić information content (AvgIpc) is 2.75. The summed E-state index contributed by atoms with van der Waals surface area (Å²) in [5, 5.41) is 15.2. The molecule has 0 radical (unpaired) electrons. The zero-order valence-electron chi connectivity index (χ0n) is 19.3. The number of carbonyl (C=O) groups excluding carboxylic acids is 1. The Morgan fingerprint density at radius 2 is 1.62 bits per heavy atom. The summed E-state index contributed by atoms with van der Waals surface area (Å²) in [6.07, 6.45) is 1.62. The second-order valence-electron chi connectivity index (χ2n) is 9.40. The molecule has 168 valence electrons. The summed E-state index contributed by atoms with van der Waals surface area (Å²) in [6, 6.07) is 18.3. The highest BCUT2D eigenvalue weighted by atomic mass is 16.5. The lowest BCUT2D eigenvalue weighted by Crippen LogP contribution is -2.22. The summed E-state index contributed by atoms with van der Waals surface area (Å²) in [6.45, 7) is 10.3. The monoisotopic (exact) mass is 433 g/mol. The molecule has 2 aromatic carbocycles. The van der Waals surface area contributed by atoms with Crippen LogP contribution in [0.2, 0.25) is 0 Å². The molecule has 1 aromatic heterocycles. The van der Waals surface area contributed by atoms with Crippen molar-refractivity contribution >= 4 is 17.4 Å². The number of anilines is 2. The first-order valence-electron chi connectivity index (χ1n) is 10.6. The molecule has 0 saturated carbocycles. The molecule has 1 heterocycles. The lowest BCUT2D eigenvalue weighted by atomic mass is 9.86. The summed E-state index contributed by atoms with van der Waals surface area (Å²) in [4.78, 5) is 16.9. The van der Waals surface area contributed by atoms with Gasteiger partial charge in [0, 0.05) is 22.9 Å². The van der Waals surface area contributed by atoms with Crippen molar-refractivity contribution in [1.82, 2.24) is 4.98 Å². The van der Waals surface area contributed by atoms with Crippen LogP contribution < -0.4 is 15.4 Å². The number of aliphatic hydroxyl groups excluding tert-OH is 1. The number of nitrogens with one attached hydrogen (secondary N) is 2. The Morgan fingerprint density at radius 1 is 0.938 bits per heavy atom. The van der Waals surface area contributed by atoms with Crippen molar-refractivity contribution in [2.75, 3.05) is 17.2 Å². The van der Waals surface area contributed by atoms with Crippen LogP contribution in [0, 0.1) is 0 Å². The third-order valence-electron chi connectivity index (χ3n) is 5.24. The van der Waals surface area contributed by atoms with E-state index in [-0.39, 0.29) is 17.4 Å². The maximum absolute atomic E-state index is 12.6. The van der Waals surface area contributed by atoms with E-state index < -0.39 is 6.03 Å². The lowest BCUT2D eigenvalue weighted by Gasteiger charge is -2.23. The number of ether oxygens (including phenoxy) is 1. The molecule has 0 saturated heterocycles. The largest absolute Gasteiger partial charge is 0.437 e. The number of pyridine rings is 1.